The second-order valence-corrected chi connectivity index (χ2v) is 7.23. The maximum absolute atomic E-state index is 13.4. The summed E-state index contributed by atoms with van der Waals surface area (Å²) in [5.41, 5.74) is -0.219. The van der Waals surface area contributed by atoms with Crippen LogP contribution >= 0.6 is 0 Å². The number of aliphatic hydroxyl groups is 1. The van der Waals surface area contributed by atoms with E-state index in [1.807, 2.05) is 0 Å². The van der Waals surface area contributed by atoms with Gasteiger partial charge in [0.15, 0.2) is 0 Å². The number of hydrogen-bond acceptors (Lipinski definition) is 3. The average molecular weight is 274 g/mol. The number of aryl methyl sites for hydroxylation is 1. The van der Waals surface area contributed by atoms with E-state index in [9.17, 15) is 17.9 Å². The highest BCUT2D eigenvalue weighted by Gasteiger charge is 2.24. The summed E-state index contributed by atoms with van der Waals surface area (Å²) in [7, 11) is -3.03. The molecule has 0 aliphatic heterocycles. The highest BCUT2D eigenvalue weighted by atomic mass is 32.2. The molecule has 0 aliphatic rings. The van der Waals surface area contributed by atoms with E-state index in [2.05, 4.69) is 0 Å². The van der Waals surface area contributed by atoms with E-state index in [0.29, 0.717) is 17.5 Å². The maximum Gasteiger partial charge on any atom is 0.147 e. The third-order valence-corrected chi connectivity index (χ3v) is 4.00. The van der Waals surface area contributed by atoms with E-state index in [-0.39, 0.29) is 18.0 Å². The molecule has 0 radical (unpaired) electrons. The molecule has 1 unspecified atom stereocenters. The smallest absolute Gasteiger partial charge is 0.147 e. The van der Waals surface area contributed by atoms with Gasteiger partial charge in [0.25, 0.3) is 0 Å². The third kappa shape index (κ3) is 4.38. The van der Waals surface area contributed by atoms with Crippen LogP contribution in [-0.2, 0) is 15.4 Å². The van der Waals surface area contributed by atoms with Crippen molar-refractivity contribution in [3.63, 3.8) is 0 Å². The number of hydrogen-bond donors (Lipinski definition) is 1. The number of sulfone groups is 1. The third-order valence-electron chi connectivity index (χ3n) is 2.97. The zero-order valence-electron chi connectivity index (χ0n) is 10.9. The minimum absolute atomic E-state index is 0.0253. The van der Waals surface area contributed by atoms with Crippen LogP contribution in [0.25, 0.3) is 0 Å². The van der Waals surface area contributed by atoms with Crippen LogP contribution in [0.1, 0.15) is 30.9 Å². The van der Waals surface area contributed by atoms with Crippen LogP contribution in [0, 0.1) is 12.7 Å². The molecule has 3 nitrogen and oxygen atoms in total. The molecule has 1 aromatic rings. The summed E-state index contributed by atoms with van der Waals surface area (Å²) in [6.07, 6.45) is 1.79. The Morgan fingerprint density at radius 2 is 2.00 bits per heavy atom. The number of rotatable bonds is 5. The van der Waals surface area contributed by atoms with Crippen molar-refractivity contribution in [2.45, 2.75) is 32.3 Å². The van der Waals surface area contributed by atoms with Gasteiger partial charge in [-0.05, 0) is 43.9 Å². The van der Waals surface area contributed by atoms with Gasteiger partial charge < -0.3 is 5.11 Å². The van der Waals surface area contributed by atoms with Gasteiger partial charge in [-0.25, -0.2) is 12.8 Å². The van der Waals surface area contributed by atoms with Crippen molar-refractivity contribution in [3.8, 4) is 0 Å². The lowest BCUT2D eigenvalue weighted by Crippen LogP contribution is -2.22. The van der Waals surface area contributed by atoms with Gasteiger partial charge in [-0.15, -0.1) is 0 Å². The molecule has 0 fully saturated rings. The standard InChI is InChI=1S/C13H19FO3S/c1-10-5-6-11(9-12(10)14)13(2,15)7-4-8-18(3,16)17/h5-6,9,15H,4,7-8H2,1-3H3. The molecule has 0 saturated carbocycles. The van der Waals surface area contributed by atoms with Gasteiger partial charge in [-0.2, -0.15) is 0 Å². The molecule has 1 atom stereocenters. The van der Waals surface area contributed by atoms with Gasteiger partial charge in [-0.3, -0.25) is 0 Å². The van der Waals surface area contributed by atoms with E-state index in [1.165, 1.54) is 6.07 Å². The van der Waals surface area contributed by atoms with Gasteiger partial charge in [0.1, 0.15) is 15.7 Å². The molecule has 18 heavy (non-hydrogen) atoms. The average Bonchev–Trinajstić information content (AvgIpc) is 2.19. The van der Waals surface area contributed by atoms with Crippen LogP contribution < -0.4 is 0 Å². The lowest BCUT2D eigenvalue weighted by atomic mass is 9.91. The van der Waals surface area contributed by atoms with Crippen molar-refractivity contribution in [1.82, 2.24) is 0 Å². The Hall–Kier alpha value is -0.940. The Morgan fingerprint density at radius 3 is 2.50 bits per heavy atom. The van der Waals surface area contributed by atoms with Crippen LogP contribution in [0.2, 0.25) is 0 Å². The van der Waals surface area contributed by atoms with E-state index in [4.69, 9.17) is 0 Å². The summed E-state index contributed by atoms with van der Waals surface area (Å²) in [5.74, 6) is -0.340. The molecular formula is C13H19FO3S. The summed E-state index contributed by atoms with van der Waals surface area (Å²) in [4.78, 5) is 0. The first-order valence-corrected chi connectivity index (χ1v) is 7.84. The molecule has 0 bridgehead atoms. The van der Waals surface area contributed by atoms with Gasteiger partial charge in [0, 0.05) is 12.0 Å². The minimum Gasteiger partial charge on any atom is -0.385 e. The Labute approximate surface area is 108 Å². The van der Waals surface area contributed by atoms with Crippen LogP contribution in [0.15, 0.2) is 18.2 Å². The van der Waals surface area contributed by atoms with E-state index in [1.54, 1.807) is 26.0 Å². The maximum atomic E-state index is 13.4. The molecular weight excluding hydrogens is 255 g/mol. The minimum atomic E-state index is -3.03. The second kappa shape index (κ2) is 5.36. The molecule has 0 amide bonds. The zero-order chi connectivity index (χ0) is 14.0. The fraction of sp³-hybridized carbons (Fsp3) is 0.538. The van der Waals surface area contributed by atoms with E-state index >= 15 is 0 Å². The summed E-state index contributed by atoms with van der Waals surface area (Å²) >= 11 is 0. The molecule has 0 saturated heterocycles. The van der Waals surface area contributed by atoms with Gasteiger partial charge >= 0.3 is 0 Å². The molecule has 0 heterocycles. The first-order valence-electron chi connectivity index (χ1n) is 5.78. The quantitative estimate of drug-likeness (QED) is 0.895. The molecule has 102 valence electrons. The molecule has 1 N–H and O–H groups in total. The molecule has 1 aromatic carbocycles. The molecule has 1 rings (SSSR count). The molecule has 0 spiro atoms. The highest BCUT2D eigenvalue weighted by Crippen LogP contribution is 2.27. The molecule has 0 aliphatic carbocycles. The first-order chi connectivity index (χ1) is 8.12. The Morgan fingerprint density at radius 1 is 1.39 bits per heavy atom. The van der Waals surface area contributed by atoms with Gasteiger partial charge in [0.05, 0.1) is 5.60 Å². The van der Waals surface area contributed by atoms with Crippen molar-refractivity contribution >= 4 is 9.84 Å². The van der Waals surface area contributed by atoms with Crippen molar-refractivity contribution in [3.05, 3.63) is 35.1 Å². The molecule has 5 heteroatoms. The van der Waals surface area contributed by atoms with E-state index in [0.717, 1.165) is 6.26 Å². The lowest BCUT2D eigenvalue weighted by Gasteiger charge is -2.24. The fourth-order valence-electron chi connectivity index (χ4n) is 1.75. The van der Waals surface area contributed by atoms with Crippen LogP contribution in [0.4, 0.5) is 4.39 Å². The number of halogens is 1. The summed E-state index contributed by atoms with van der Waals surface area (Å²) in [6, 6.07) is 4.57. The zero-order valence-corrected chi connectivity index (χ0v) is 11.7. The topological polar surface area (TPSA) is 54.4 Å². The Bertz CT molecular complexity index is 521. The second-order valence-electron chi connectivity index (χ2n) is 4.97. The summed E-state index contributed by atoms with van der Waals surface area (Å²) in [6.45, 7) is 3.22. The Kier molecular flexibility index (Phi) is 4.50. The predicted molar refractivity (Wildman–Crippen MR) is 69.7 cm³/mol. The van der Waals surface area contributed by atoms with Crippen LogP contribution in [0.3, 0.4) is 0 Å². The van der Waals surface area contributed by atoms with E-state index < -0.39 is 15.4 Å². The van der Waals surface area contributed by atoms with Gasteiger partial charge in [0.2, 0.25) is 0 Å². The largest absolute Gasteiger partial charge is 0.385 e. The molecule has 0 aromatic heterocycles. The highest BCUT2D eigenvalue weighted by molar-refractivity contribution is 7.90. The summed E-state index contributed by atoms with van der Waals surface area (Å²) < 4.78 is 35.4. The van der Waals surface area contributed by atoms with Crippen molar-refractivity contribution in [2.24, 2.45) is 0 Å². The monoisotopic (exact) mass is 274 g/mol. The first kappa shape index (κ1) is 15.1. The van der Waals surface area contributed by atoms with Crippen molar-refractivity contribution in [1.29, 1.82) is 0 Å². The fourth-order valence-corrected chi connectivity index (χ4v) is 2.42. The summed E-state index contributed by atoms with van der Waals surface area (Å²) in [5, 5.41) is 10.2. The normalized spacial score (nSPS) is 15.4. The Balaban J connectivity index is 2.76. The predicted octanol–water partition coefficient (Wildman–Crippen LogP) is 2.17. The SMILES string of the molecule is Cc1ccc(C(C)(O)CCCS(C)(=O)=O)cc1F. The van der Waals surface area contributed by atoms with Crippen molar-refractivity contribution < 1.29 is 17.9 Å². The van der Waals surface area contributed by atoms with Crippen molar-refractivity contribution in [2.75, 3.05) is 12.0 Å². The van der Waals surface area contributed by atoms with Crippen LogP contribution in [0.5, 0.6) is 0 Å². The number of benzene rings is 1. The van der Waals surface area contributed by atoms with Gasteiger partial charge in [-0.1, -0.05) is 12.1 Å². The van der Waals surface area contributed by atoms with Crippen LogP contribution in [-0.4, -0.2) is 25.5 Å². The lowest BCUT2D eigenvalue weighted by molar-refractivity contribution is 0.0469.